The number of halogens is 1. The summed E-state index contributed by atoms with van der Waals surface area (Å²) in [5.41, 5.74) is 0.486. The molecule has 0 spiro atoms. The van der Waals surface area contributed by atoms with Crippen LogP contribution < -0.4 is 9.47 Å². The first-order valence-corrected chi connectivity index (χ1v) is 10.2. The molecular formula is C20H25BrN2O3. The van der Waals surface area contributed by atoms with Crippen molar-refractivity contribution in [3.8, 4) is 17.6 Å². The van der Waals surface area contributed by atoms with Crippen LogP contribution in [0.5, 0.6) is 11.5 Å². The normalized spacial score (nSPS) is 22.3. The number of rotatable bonds is 5. The van der Waals surface area contributed by atoms with Crippen LogP contribution in [0.25, 0.3) is 0 Å². The standard InChI is InChI=1S/C20H25BrN2O3/c1-2-25-18-11-14(12-22)10-16(21)20(18)26-13-19(24)23-9-5-7-15-6-3-4-8-17(15)23/h10-11,15,17H,2-9,13H2,1H3/t15-,17-/m1/s1. The lowest BCUT2D eigenvalue weighted by atomic mass is 9.78. The number of carbonyl (C=O) groups is 1. The lowest BCUT2D eigenvalue weighted by Crippen LogP contribution is -2.51. The first-order valence-electron chi connectivity index (χ1n) is 9.42. The molecule has 1 aromatic rings. The topological polar surface area (TPSA) is 62.6 Å². The van der Waals surface area contributed by atoms with Crippen LogP contribution >= 0.6 is 15.9 Å². The zero-order valence-corrected chi connectivity index (χ0v) is 16.8. The Morgan fingerprint density at radius 3 is 2.81 bits per heavy atom. The number of hydrogen-bond acceptors (Lipinski definition) is 4. The van der Waals surface area contributed by atoms with E-state index in [-0.39, 0.29) is 12.5 Å². The second-order valence-corrected chi connectivity index (χ2v) is 7.81. The van der Waals surface area contributed by atoms with Crippen LogP contribution in [0.3, 0.4) is 0 Å². The highest BCUT2D eigenvalue weighted by Gasteiger charge is 2.35. The van der Waals surface area contributed by atoms with E-state index in [2.05, 4.69) is 22.0 Å². The summed E-state index contributed by atoms with van der Waals surface area (Å²) in [7, 11) is 0. The van der Waals surface area contributed by atoms with Gasteiger partial charge >= 0.3 is 0 Å². The predicted molar refractivity (Wildman–Crippen MR) is 102 cm³/mol. The molecular weight excluding hydrogens is 396 g/mol. The Bertz CT molecular complexity index is 699. The Kier molecular flexibility index (Phi) is 6.42. The van der Waals surface area contributed by atoms with Gasteiger partial charge in [-0.25, -0.2) is 0 Å². The van der Waals surface area contributed by atoms with E-state index in [1.807, 2.05) is 11.8 Å². The highest BCUT2D eigenvalue weighted by molar-refractivity contribution is 9.10. The molecule has 0 N–H and O–H groups in total. The number of hydrogen-bond donors (Lipinski definition) is 0. The number of amides is 1. The quantitative estimate of drug-likeness (QED) is 0.712. The summed E-state index contributed by atoms with van der Waals surface area (Å²) in [4.78, 5) is 14.9. The molecule has 0 bridgehead atoms. The molecule has 1 aliphatic heterocycles. The molecule has 0 unspecified atom stereocenters. The molecule has 5 nitrogen and oxygen atoms in total. The van der Waals surface area contributed by atoms with Crippen LogP contribution in [0, 0.1) is 17.2 Å². The molecule has 6 heteroatoms. The maximum atomic E-state index is 12.8. The van der Waals surface area contributed by atoms with Crippen molar-refractivity contribution in [3.63, 3.8) is 0 Å². The van der Waals surface area contributed by atoms with Gasteiger partial charge < -0.3 is 14.4 Å². The molecule has 26 heavy (non-hydrogen) atoms. The van der Waals surface area contributed by atoms with E-state index < -0.39 is 0 Å². The highest BCUT2D eigenvalue weighted by Crippen LogP contribution is 2.38. The van der Waals surface area contributed by atoms with Crippen LogP contribution in [0.15, 0.2) is 16.6 Å². The van der Waals surface area contributed by atoms with Crippen LogP contribution in [-0.2, 0) is 4.79 Å². The van der Waals surface area contributed by atoms with Gasteiger partial charge in [-0.3, -0.25) is 4.79 Å². The van der Waals surface area contributed by atoms with Gasteiger partial charge in [0, 0.05) is 18.7 Å². The molecule has 1 aromatic carbocycles. The van der Waals surface area contributed by atoms with Gasteiger partial charge in [0.05, 0.1) is 22.7 Å². The number of benzene rings is 1. The van der Waals surface area contributed by atoms with Crippen molar-refractivity contribution in [1.82, 2.24) is 4.90 Å². The SMILES string of the molecule is CCOc1cc(C#N)cc(Br)c1OCC(=O)N1CCC[C@H]2CCCC[C@H]21. The summed E-state index contributed by atoms with van der Waals surface area (Å²) < 4.78 is 12.1. The average Bonchev–Trinajstić information content (AvgIpc) is 2.66. The summed E-state index contributed by atoms with van der Waals surface area (Å²) in [6.45, 7) is 3.16. The Labute approximate surface area is 163 Å². The number of carbonyl (C=O) groups excluding carboxylic acids is 1. The van der Waals surface area contributed by atoms with Gasteiger partial charge in [0.2, 0.25) is 0 Å². The Hall–Kier alpha value is -1.74. The van der Waals surface area contributed by atoms with Crippen molar-refractivity contribution in [2.75, 3.05) is 19.8 Å². The Morgan fingerprint density at radius 1 is 1.27 bits per heavy atom. The third-order valence-electron chi connectivity index (χ3n) is 5.34. The third kappa shape index (κ3) is 4.15. The monoisotopic (exact) mass is 420 g/mol. The van der Waals surface area contributed by atoms with Crippen molar-refractivity contribution in [2.45, 2.75) is 51.5 Å². The Balaban J connectivity index is 1.70. The molecule has 2 fully saturated rings. The molecule has 1 heterocycles. The van der Waals surface area contributed by atoms with E-state index in [9.17, 15) is 4.79 Å². The van der Waals surface area contributed by atoms with Gasteiger partial charge in [-0.15, -0.1) is 0 Å². The van der Waals surface area contributed by atoms with E-state index in [1.165, 1.54) is 25.7 Å². The predicted octanol–water partition coefficient (Wildman–Crippen LogP) is 4.28. The highest BCUT2D eigenvalue weighted by atomic mass is 79.9. The number of fused-ring (bicyclic) bond motifs is 1. The van der Waals surface area contributed by atoms with Crippen molar-refractivity contribution in [2.24, 2.45) is 5.92 Å². The third-order valence-corrected chi connectivity index (χ3v) is 5.93. The van der Waals surface area contributed by atoms with Gasteiger partial charge in [0.1, 0.15) is 0 Å². The number of likely N-dealkylation sites (tertiary alicyclic amines) is 1. The second kappa shape index (κ2) is 8.77. The summed E-state index contributed by atoms with van der Waals surface area (Å²) in [6, 6.07) is 5.81. The summed E-state index contributed by atoms with van der Waals surface area (Å²) in [5.74, 6) is 1.67. The zero-order valence-electron chi connectivity index (χ0n) is 15.2. The summed E-state index contributed by atoms with van der Waals surface area (Å²) in [6.07, 6.45) is 7.17. The molecule has 0 radical (unpaired) electrons. The number of nitriles is 1. The molecule has 140 valence electrons. The minimum Gasteiger partial charge on any atom is -0.490 e. The average molecular weight is 421 g/mol. The van der Waals surface area contributed by atoms with Crippen molar-refractivity contribution >= 4 is 21.8 Å². The molecule has 2 aliphatic rings. The maximum absolute atomic E-state index is 12.8. The fraction of sp³-hybridized carbons (Fsp3) is 0.600. The molecule has 1 saturated heterocycles. The first-order chi connectivity index (χ1) is 12.6. The molecule has 1 saturated carbocycles. The second-order valence-electron chi connectivity index (χ2n) is 6.96. The summed E-state index contributed by atoms with van der Waals surface area (Å²) in [5, 5.41) is 9.12. The van der Waals surface area contributed by atoms with Crippen LogP contribution in [-0.4, -0.2) is 36.6 Å². The van der Waals surface area contributed by atoms with E-state index >= 15 is 0 Å². The van der Waals surface area contributed by atoms with Gasteiger partial charge in [-0.1, -0.05) is 12.8 Å². The van der Waals surface area contributed by atoms with Crippen LogP contribution in [0.4, 0.5) is 0 Å². The number of piperidine rings is 1. The van der Waals surface area contributed by atoms with E-state index in [1.54, 1.807) is 12.1 Å². The molecule has 1 aliphatic carbocycles. The minimum atomic E-state index is -0.00616. The Morgan fingerprint density at radius 2 is 2.04 bits per heavy atom. The largest absolute Gasteiger partial charge is 0.490 e. The minimum absolute atomic E-state index is 0.00616. The lowest BCUT2D eigenvalue weighted by molar-refractivity contribution is -0.139. The fourth-order valence-electron chi connectivity index (χ4n) is 4.19. The van der Waals surface area contributed by atoms with Gasteiger partial charge in [-0.2, -0.15) is 5.26 Å². The van der Waals surface area contributed by atoms with E-state index in [0.717, 1.165) is 19.4 Å². The maximum Gasteiger partial charge on any atom is 0.260 e. The van der Waals surface area contributed by atoms with Crippen molar-refractivity contribution in [3.05, 3.63) is 22.2 Å². The lowest BCUT2D eigenvalue weighted by Gasteiger charge is -2.44. The van der Waals surface area contributed by atoms with E-state index in [4.69, 9.17) is 14.7 Å². The number of nitrogens with zero attached hydrogens (tertiary/aromatic N) is 2. The smallest absolute Gasteiger partial charge is 0.260 e. The van der Waals surface area contributed by atoms with Gasteiger partial charge in [0.25, 0.3) is 5.91 Å². The molecule has 1 amide bonds. The van der Waals surface area contributed by atoms with Crippen molar-refractivity contribution in [1.29, 1.82) is 5.26 Å². The van der Waals surface area contributed by atoms with Crippen LogP contribution in [0.1, 0.15) is 51.0 Å². The zero-order chi connectivity index (χ0) is 18.5. The summed E-state index contributed by atoms with van der Waals surface area (Å²) >= 11 is 3.43. The van der Waals surface area contributed by atoms with E-state index in [0.29, 0.717) is 40.1 Å². The molecule has 0 aromatic heterocycles. The molecule has 2 atom stereocenters. The van der Waals surface area contributed by atoms with Crippen molar-refractivity contribution < 1.29 is 14.3 Å². The number of ether oxygens (including phenoxy) is 2. The van der Waals surface area contributed by atoms with Gasteiger partial charge in [-0.05, 0) is 60.5 Å². The van der Waals surface area contributed by atoms with Gasteiger partial charge in [0.15, 0.2) is 18.1 Å². The fourth-order valence-corrected chi connectivity index (χ4v) is 4.74. The molecule has 3 rings (SSSR count). The van der Waals surface area contributed by atoms with Crippen LogP contribution in [0.2, 0.25) is 0 Å². The first kappa shape index (κ1) is 19.0.